The molecule has 0 saturated heterocycles. The number of benzene rings is 1. The first-order chi connectivity index (χ1) is 13.3. The van der Waals surface area contributed by atoms with Gasteiger partial charge in [-0.3, -0.25) is 4.79 Å². The van der Waals surface area contributed by atoms with E-state index in [2.05, 4.69) is 20.5 Å². The van der Waals surface area contributed by atoms with Gasteiger partial charge in [0.25, 0.3) is 5.56 Å². The molecule has 1 aliphatic rings. The van der Waals surface area contributed by atoms with Gasteiger partial charge < -0.3 is 10.3 Å². The Morgan fingerprint density at radius 3 is 2.81 bits per heavy atom. The molecule has 0 atom stereocenters. The second-order valence-electron chi connectivity index (χ2n) is 6.57. The minimum Gasteiger partial charge on any atom is -0.330 e. The molecule has 136 valence electrons. The van der Waals surface area contributed by atoms with Gasteiger partial charge >= 0.3 is 0 Å². The Labute approximate surface area is 163 Å². The van der Waals surface area contributed by atoms with E-state index in [1.807, 2.05) is 30.3 Å². The summed E-state index contributed by atoms with van der Waals surface area (Å²) in [7, 11) is 0. The number of hydrogen-bond acceptors (Lipinski definition) is 7. The maximum Gasteiger partial charge on any atom is 0.259 e. The molecular weight excluding hydrogens is 378 g/mol. The summed E-state index contributed by atoms with van der Waals surface area (Å²) in [6.45, 7) is 0. The highest BCUT2D eigenvalue weighted by atomic mass is 32.1. The van der Waals surface area contributed by atoms with Gasteiger partial charge in [-0.15, -0.1) is 21.5 Å². The SMILES string of the molecule is O=c1[nH]c(Cc2nnc(Nc3ccccc3)s2)nc2sc3c(c12)CCCC3. The first-order valence-corrected chi connectivity index (χ1v) is 10.6. The summed E-state index contributed by atoms with van der Waals surface area (Å²) in [5.41, 5.74) is 2.16. The zero-order valence-corrected chi connectivity index (χ0v) is 16.1. The summed E-state index contributed by atoms with van der Waals surface area (Å²) in [5.74, 6) is 0.647. The zero-order valence-electron chi connectivity index (χ0n) is 14.5. The molecule has 1 aromatic carbocycles. The maximum atomic E-state index is 12.6. The van der Waals surface area contributed by atoms with Crippen molar-refractivity contribution in [3.05, 3.63) is 62.0 Å². The molecule has 0 fully saturated rings. The fourth-order valence-electron chi connectivity index (χ4n) is 3.46. The van der Waals surface area contributed by atoms with Gasteiger partial charge in [0.15, 0.2) is 0 Å². The van der Waals surface area contributed by atoms with Crippen molar-refractivity contribution in [3.8, 4) is 0 Å². The molecule has 6 nitrogen and oxygen atoms in total. The third-order valence-corrected chi connectivity index (χ3v) is 6.71. The van der Waals surface area contributed by atoms with Crippen molar-refractivity contribution in [2.24, 2.45) is 0 Å². The van der Waals surface area contributed by atoms with E-state index in [1.54, 1.807) is 11.3 Å². The molecule has 8 heteroatoms. The summed E-state index contributed by atoms with van der Waals surface area (Å²) < 4.78 is 0. The molecule has 4 aromatic rings. The second-order valence-corrected chi connectivity index (χ2v) is 8.72. The molecule has 3 heterocycles. The number of aromatic nitrogens is 4. The average molecular weight is 396 g/mol. The van der Waals surface area contributed by atoms with Crippen molar-refractivity contribution >= 4 is 43.7 Å². The summed E-state index contributed by atoms with van der Waals surface area (Å²) in [4.78, 5) is 22.5. The third kappa shape index (κ3) is 3.26. The molecule has 0 spiro atoms. The smallest absolute Gasteiger partial charge is 0.259 e. The van der Waals surface area contributed by atoms with Crippen molar-refractivity contribution in [2.45, 2.75) is 32.1 Å². The molecule has 1 aliphatic carbocycles. The number of aryl methyl sites for hydroxylation is 2. The van der Waals surface area contributed by atoms with Gasteiger partial charge in [0.1, 0.15) is 15.7 Å². The van der Waals surface area contributed by atoms with Crippen LogP contribution in [0, 0.1) is 0 Å². The largest absolute Gasteiger partial charge is 0.330 e. The molecule has 0 amide bonds. The Kier molecular flexibility index (Phi) is 4.21. The van der Waals surface area contributed by atoms with Crippen molar-refractivity contribution in [1.29, 1.82) is 0 Å². The first-order valence-electron chi connectivity index (χ1n) is 8.94. The minimum absolute atomic E-state index is 0.0263. The topological polar surface area (TPSA) is 83.6 Å². The molecule has 0 saturated carbocycles. The van der Waals surface area contributed by atoms with Crippen LogP contribution in [-0.4, -0.2) is 20.2 Å². The molecule has 0 unspecified atom stereocenters. The highest BCUT2D eigenvalue weighted by Crippen LogP contribution is 2.33. The van der Waals surface area contributed by atoms with Crippen LogP contribution in [0.1, 0.15) is 34.1 Å². The predicted molar refractivity (Wildman–Crippen MR) is 109 cm³/mol. The van der Waals surface area contributed by atoms with Gasteiger partial charge in [0.05, 0.1) is 11.8 Å². The van der Waals surface area contributed by atoms with Crippen LogP contribution in [0.2, 0.25) is 0 Å². The number of anilines is 2. The molecule has 3 aromatic heterocycles. The third-order valence-electron chi connectivity index (χ3n) is 4.68. The summed E-state index contributed by atoms with van der Waals surface area (Å²) in [5, 5.41) is 14.0. The van der Waals surface area contributed by atoms with Gasteiger partial charge in [-0.25, -0.2) is 4.98 Å². The van der Waals surface area contributed by atoms with Crippen molar-refractivity contribution < 1.29 is 0 Å². The van der Waals surface area contributed by atoms with Gasteiger partial charge in [-0.1, -0.05) is 29.5 Å². The molecule has 5 rings (SSSR count). The van der Waals surface area contributed by atoms with Crippen LogP contribution < -0.4 is 10.9 Å². The Balaban J connectivity index is 1.41. The van der Waals surface area contributed by atoms with E-state index < -0.39 is 0 Å². The van der Waals surface area contributed by atoms with E-state index in [0.29, 0.717) is 12.2 Å². The lowest BCUT2D eigenvalue weighted by Gasteiger charge is -2.09. The quantitative estimate of drug-likeness (QED) is 0.545. The number of hydrogen-bond donors (Lipinski definition) is 2. The fourth-order valence-corrected chi connectivity index (χ4v) is 5.50. The predicted octanol–water partition coefficient (Wildman–Crippen LogP) is 4.05. The van der Waals surface area contributed by atoms with Gasteiger partial charge in [-0.05, 0) is 43.4 Å². The van der Waals surface area contributed by atoms with Crippen molar-refractivity contribution in [2.75, 3.05) is 5.32 Å². The molecule has 0 bridgehead atoms. The number of nitrogens with zero attached hydrogens (tertiary/aromatic N) is 3. The molecular formula is C19H17N5OS2. The van der Waals surface area contributed by atoms with E-state index in [0.717, 1.165) is 45.3 Å². The average Bonchev–Trinajstić information content (AvgIpc) is 3.26. The normalized spacial score (nSPS) is 13.6. The highest BCUT2D eigenvalue weighted by molar-refractivity contribution is 7.18. The Bertz CT molecular complexity index is 1160. The maximum absolute atomic E-state index is 12.6. The molecule has 27 heavy (non-hydrogen) atoms. The summed E-state index contributed by atoms with van der Waals surface area (Å²) in [6, 6.07) is 9.86. The monoisotopic (exact) mass is 395 g/mol. The fraction of sp³-hybridized carbons (Fsp3) is 0.263. The Morgan fingerprint density at radius 2 is 1.93 bits per heavy atom. The van der Waals surface area contributed by atoms with Crippen LogP contribution in [0.4, 0.5) is 10.8 Å². The van der Waals surface area contributed by atoms with Crippen LogP contribution in [0.5, 0.6) is 0 Å². The number of aromatic amines is 1. The lowest BCUT2D eigenvalue weighted by Crippen LogP contribution is -2.13. The molecule has 2 N–H and O–H groups in total. The molecule has 0 aliphatic heterocycles. The van der Waals surface area contributed by atoms with E-state index in [9.17, 15) is 4.79 Å². The van der Waals surface area contributed by atoms with E-state index in [4.69, 9.17) is 4.98 Å². The van der Waals surface area contributed by atoms with Crippen LogP contribution >= 0.6 is 22.7 Å². The standard InChI is InChI=1S/C19H17N5OS2/c25-17-16-12-8-4-5-9-13(12)26-18(16)22-14(21-17)10-15-23-24-19(27-15)20-11-6-2-1-3-7-11/h1-3,6-7H,4-5,8-10H2,(H,20,24)(H,21,22,25). The summed E-state index contributed by atoms with van der Waals surface area (Å²) in [6.07, 6.45) is 4.89. The van der Waals surface area contributed by atoms with Crippen molar-refractivity contribution in [1.82, 2.24) is 20.2 Å². The highest BCUT2D eigenvalue weighted by Gasteiger charge is 2.20. The number of rotatable bonds is 4. The lowest BCUT2D eigenvalue weighted by atomic mass is 9.97. The number of fused-ring (bicyclic) bond motifs is 3. The zero-order chi connectivity index (χ0) is 18.2. The summed E-state index contributed by atoms with van der Waals surface area (Å²) >= 11 is 3.14. The van der Waals surface area contributed by atoms with Gasteiger partial charge in [-0.2, -0.15) is 0 Å². The number of thiophene rings is 1. The molecule has 0 radical (unpaired) electrons. The van der Waals surface area contributed by atoms with E-state index in [-0.39, 0.29) is 5.56 Å². The Morgan fingerprint density at radius 1 is 1.07 bits per heavy atom. The lowest BCUT2D eigenvalue weighted by molar-refractivity contribution is 0.700. The van der Waals surface area contributed by atoms with E-state index >= 15 is 0 Å². The minimum atomic E-state index is -0.0263. The Hall–Kier alpha value is -2.58. The van der Waals surface area contributed by atoms with Gasteiger partial charge in [0, 0.05) is 10.6 Å². The second kappa shape index (κ2) is 6.86. The van der Waals surface area contributed by atoms with Crippen molar-refractivity contribution in [3.63, 3.8) is 0 Å². The number of nitrogens with one attached hydrogen (secondary N) is 2. The van der Waals surface area contributed by atoms with E-state index in [1.165, 1.54) is 28.2 Å². The first kappa shape index (κ1) is 16.6. The number of H-pyrrole nitrogens is 1. The van der Waals surface area contributed by atoms with Gasteiger partial charge in [0.2, 0.25) is 5.13 Å². The van der Waals surface area contributed by atoms with Crippen LogP contribution in [0.15, 0.2) is 35.1 Å². The van der Waals surface area contributed by atoms with Crippen LogP contribution in [0.25, 0.3) is 10.2 Å². The van der Waals surface area contributed by atoms with Crippen LogP contribution in [0.3, 0.4) is 0 Å². The number of para-hydroxylation sites is 1. The van der Waals surface area contributed by atoms with Crippen LogP contribution in [-0.2, 0) is 19.3 Å².